The van der Waals surface area contributed by atoms with Gasteiger partial charge in [0.25, 0.3) is 5.91 Å². The number of nitrogens with one attached hydrogen (secondary N) is 2. The molecule has 2 atom stereocenters. The van der Waals surface area contributed by atoms with Crippen LogP contribution in [0.25, 0.3) is 0 Å². The van der Waals surface area contributed by atoms with Crippen LogP contribution in [-0.4, -0.2) is 61.1 Å². The van der Waals surface area contributed by atoms with Crippen LogP contribution >= 0.6 is 0 Å². The van der Waals surface area contributed by atoms with E-state index in [1.54, 1.807) is 0 Å². The lowest BCUT2D eigenvalue weighted by Gasteiger charge is -2.34. The molecule has 0 spiro atoms. The molecule has 4 rings (SSSR count). The summed E-state index contributed by atoms with van der Waals surface area (Å²) in [6.07, 6.45) is 2.35. The highest BCUT2D eigenvalue weighted by Crippen LogP contribution is 2.36. The molecular formula is C27H33F3N4O4. The lowest BCUT2D eigenvalue weighted by molar-refractivity contribution is -0.605. The molecule has 1 aliphatic heterocycles. The minimum absolute atomic E-state index is 0.162. The third kappa shape index (κ3) is 7.02. The summed E-state index contributed by atoms with van der Waals surface area (Å²) in [5.74, 6) is -0.750. The zero-order valence-electron chi connectivity index (χ0n) is 21.2. The molecular weight excluding hydrogens is 501 g/mol. The highest BCUT2D eigenvalue weighted by atomic mass is 19.4. The summed E-state index contributed by atoms with van der Waals surface area (Å²) in [4.78, 5) is 27.3. The number of benzene rings is 1. The number of likely N-dealkylation sites (tertiary alicyclic amines) is 1. The van der Waals surface area contributed by atoms with Crippen LogP contribution in [0.1, 0.15) is 60.0 Å². The molecule has 2 amide bonds. The van der Waals surface area contributed by atoms with E-state index in [9.17, 15) is 28.0 Å². The zero-order chi connectivity index (χ0) is 27.3. The van der Waals surface area contributed by atoms with Crippen molar-refractivity contribution in [1.82, 2.24) is 15.5 Å². The van der Waals surface area contributed by atoms with Gasteiger partial charge in [-0.25, -0.2) is 0 Å². The number of rotatable bonds is 8. The Morgan fingerprint density at radius 3 is 2.47 bits per heavy atom. The van der Waals surface area contributed by atoms with E-state index in [0.717, 1.165) is 48.6 Å². The summed E-state index contributed by atoms with van der Waals surface area (Å²) in [7, 11) is 0. The predicted molar refractivity (Wildman–Crippen MR) is 133 cm³/mol. The Labute approximate surface area is 219 Å². The number of hydrogen-bond acceptors (Lipinski definition) is 5. The van der Waals surface area contributed by atoms with Crippen molar-refractivity contribution in [3.8, 4) is 0 Å². The van der Waals surface area contributed by atoms with Crippen molar-refractivity contribution in [1.29, 1.82) is 0 Å². The molecule has 2 heterocycles. The number of pyridine rings is 1. The Balaban J connectivity index is 1.28. The molecule has 11 heteroatoms. The van der Waals surface area contributed by atoms with E-state index in [-0.39, 0.29) is 24.3 Å². The number of carbonyl (C=O) groups is 2. The average Bonchev–Trinajstić information content (AvgIpc) is 3.29. The van der Waals surface area contributed by atoms with Gasteiger partial charge in [-0.15, -0.1) is 0 Å². The van der Waals surface area contributed by atoms with Crippen LogP contribution in [0.4, 0.5) is 13.2 Å². The van der Waals surface area contributed by atoms with Crippen LogP contribution in [0.5, 0.6) is 0 Å². The van der Waals surface area contributed by atoms with Gasteiger partial charge in [0.15, 0.2) is 12.4 Å². The summed E-state index contributed by atoms with van der Waals surface area (Å²) in [5, 5.41) is 16.7. The first kappa shape index (κ1) is 27.8. The first-order chi connectivity index (χ1) is 18.1. The fourth-order valence-electron chi connectivity index (χ4n) is 5.45. The van der Waals surface area contributed by atoms with Gasteiger partial charge < -0.3 is 20.6 Å². The van der Waals surface area contributed by atoms with E-state index >= 15 is 0 Å². The molecule has 1 aliphatic carbocycles. The Kier molecular flexibility index (Phi) is 8.88. The Hall–Kier alpha value is -3.18. The second kappa shape index (κ2) is 12.1. The molecule has 206 valence electrons. The molecule has 2 aliphatic rings. The number of carbonyl (C=O) groups excluding carboxylic acids is 2. The molecule has 1 saturated heterocycles. The standard InChI is InChI=1S/C27H33F3N4O4/c1-2-38-24-17-33(22-8-6-18(7-9-22)19-10-12-34(37)13-11-19)16-23(24)32-25(35)15-31-26(36)20-4-3-5-21(14-20)27(28,29)30/h3-5,10-14,18,22-24H,2,6-9,15-17H2,1H3,(H,31,36)(H,32,35)/t18?,22?,23-,24-/m0/s1. The summed E-state index contributed by atoms with van der Waals surface area (Å²) < 4.78 is 45.5. The molecule has 1 aromatic carbocycles. The summed E-state index contributed by atoms with van der Waals surface area (Å²) >= 11 is 0. The van der Waals surface area contributed by atoms with Crippen LogP contribution in [-0.2, 0) is 15.7 Å². The number of aromatic nitrogens is 1. The van der Waals surface area contributed by atoms with E-state index in [0.29, 0.717) is 31.7 Å². The van der Waals surface area contributed by atoms with Crippen LogP contribution in [0.15, 0.2) is 48.8 Å². The summed E-state index contributed by atoms with van der Waals surface area (Å²) in [6.45, 7) is 3.35. The van der Waals surface area contributed by atoms with Gasteiger partial charge in [0, 0.05) is 43.4 Å². The van der Waals surface area contributed by atoms with Gasteiger partial charge in [-0.05, 0) is 62.3 Å². The van der Waals surface area contributed by atoms with E-state index in [1.165, 1.54) is 24.0 Å². The molecule has 1 aromatic heterocycles. The first-order valence-electron chi connectivity index (χ1n) is 12.9. The Morgan fingerprint density at radius 2 is 1.82 bits per heavy atom. The first-order valence-corrected chi connectivity index (χ1v) is 12.9. The van der Waals surface area contributed by atoms with E-state index in [4.69, 9.17) is 4.74 Å². The van der Waals surface area contributed by atoms with E-state index in [1.807, 2.05) is 19.1 Å². The molecule has 2 aromatic rings. The van der Waals surface area contributed by atoms with Crippen molar-refractivity contribution in [2.24, 2.45) is 0 Å². The van der Waals surface area contributed by atoms with Gasteiger partial charge >= 0.3 is 6.18 Å². The van der Waals surface area contributed by atoms with Crippen molar-refractivity contribution in [2.75, 3.05) is 26.2 Å². The number of amides is 2. The Morgan fingerprint density at radius 1 is 1.11 bits per heavy atom. The SMILES string of the molecule is CCO[C@H]1CN(C2CCC(c3cc[n+]([O-])cc3)CC2)C[C@@H]1NC(=O)CNC(=O)c1cccc(C(F)(F)F)c1. The normalized spacial score (nSPS) is 24.2. The lowest BCUT2D eigenvalue weighted by Crippen LogP contribution is -2.48. The van der Waals surface area contributed by atoms with Crippen molar-refractivity contribution < 1.29 is 32.2 Å². The molecule has 38 heavy (non-hydrogen) atoms. The second-order valence-corrected chi connectivity index (χ2v) is 9.88. The maximum Gasteiger partial charge on any atom is 0.416 e. The molecule has 1 saturated carbocycles. The van der Waals surface area contributed by atoms with Gasteiger partial charge in [-0.2, -0.15) is 17.9 Å². The highest BCUT2D eigenvalue weighted by Gasteiger charge is 2.39. The molecule has 0 radical (unpaired) electrons. The van der Waals surface area contributed by atoms with Crippen LogP contribution in [0, 0.1) is 5.21 Å². The third-order valence-corrected chi connectivity index (χ3v) is 7.40. The van der Waals surface area contributed by atoms with E-state index < -0.39 is 23.6 Å². The minimum atomic E-state index is -4.56. The zero-order valence-corrected chi connectivity index (χ0v) is 21.2. The van der Waals surface area contributed by atoms with Gasteiger partial charge in [0.05, 0.1) is 24.3 Å². The quantitative estimate of drug-likeness (QED) is 0.401. The number of halogens is 3. The van der Waals surface area contributed by atoms with Crippen molar-refractivity contribution in [3.05, 3.63) is 70.7 Å². The molecule has 2 fully saturated rings. The fourth-order valence-corrected chi connectivity index (χ4v) is 5.45. The largest absolute Gasteiger partial charge is 0.619 e. The average molecular weight is 535 g/mol. The number of ether oxygens (including phenoxy) is 1. The van der Waals surface area contributed by atoms with Crippen molar-refractivity contribution in [3.63, 3.8) is 0 Å². The van der Waals surface area contributed by atoms with Gasteiger partial charge in [-0.1, -0.05) is 6.07 Å². The van der Waals surface area contributed by atoms with Crippen molar-refractivity contribution in [2.45, 2.75) is 62.9 Å². The summed E-state index contributed by atoms with van der Waals surface area (Å²) in [5.41, 5.74) is 0.0975. The lowest BCUT2D eigenvalue weighted by atomic mass is 9.81. The third-order valence-electron chi connectivity index (χ3n) is 7.40. The number of hydrogen-bond donors (Lipinski definition) is 2. The monoisotopic (exact) mass is 534 g/mol. The Bertz CT molecular complexity index is 1100. The van der Waals surface area contributed by atoms with Crippen LogP contribution in [0.3, 0.4) is 0 Å². The number of alkyl halides is 3. The topological polar surface area (TPSA) is 97.6 Å². The molecule has 0 bridgehead atoms. The minimum Gasteiger partial charge on any atom is -0.619 e. The molecule has 0 unspecified atom stereocenters. The highest BCUT2D eigenvalue weighted by molar-refractivity contribution is 5.96. The molecule has 8 nitrogen and oxygen atoms in total. The van der Waals surface area contributed by atoms with Crippen LogP contribution < -0.4 is 15.4 Å². The van der Waals surface area contributed by atoms with Crippen LogP contribution in [0.2, 0.25) is 0 Å². The maximum absolute atomic E-state index is 12.9. The van der Waals surface area contributed by atoms with Gasteiger partial charge in [0.2, 0.25) is 5.91 Å². The van der Waals surface area contributed by atoms with Crippen molar-refractivity contribution >= 4 is 11.8 Å². The van der Waals surface area contributed by atoms with Gasteiger partial charge in [0.1, 0.15) is 0 Å². The molecule has 2 N–H and O–H groups in total. The smallest absolute Gasteiger partial charge is 0.416 e. The fraction of sp³-hybridized carbons (Fsp3) is 0.519. The van der Waals surface area contributed by atoms with Gasteiger partial charge in [-0.3, -0.25) is 14.5 Å². The van der Waals surface area contributed by atoms with E-state index in [2.05, 4.69) is 15.5 Å². The number of nitrogens with zero attached hydrogens (tertiary/aromatic N) is 2. The summed E-state index contributed by atoms with van der Waals surface area (Å²) in [6, 6.07) is 7.96. The second-order valence-electron chi connectivity index (χ2n) is 9.88. The maximum atomic E-state index is 12.9. The predicted octanol–water partition coefficient (Wildman–Crippen LogP) is 3.00.